The minimum Gasteiger partial charge on any atom is -0.328 e. The van der Waals surface area contributed by atoms with E-state index in [4.69, 9.17) is 0 Å². The van der Waals surface area contributed by atoms with Crippen LogP contribution in [0.3, 0.4) is 0 Å². The topological polar surface area (TPSA) is 74.8 Å². The number of H-pyrrole nitrogens is 1. The summed E-state index contributed by atoms with van der Waals surface area (Å²) in [5, 5.41) is 3.62. The van der Waals surface area contributed by atoms with Gasteiger partial charge in [-0.2, -0.15) is 0 Å². The first-order valence-corrected chi connectivity index (χ1v) is 6.98. The van der Waals surface area contributed by atoms with E-state index in [-0.39, 0.29) is 5.56 Å². The molecule has 0 saturated carbocycles. The van der Waals surface area contributed by atoms with Gasteiger partial charge in [0, 0.05) is 22.3 Å². The number of rotatable bonds is 2. The molecule has 0 aliphatic carbocycles. The maximum Gasteiger partial charge on any atom is 0.261 e. The van der Waals surface area contributed by atoms with Crippen molar-refractivity contribution in [3.05, 3.63) is 69.2 Å². The lowest BCUT2D eigenvalue weighted by molar-refractivity contribution is 0.102. The van der Waals surface area contributed by atoms with E-state index in [1.807, 2.05) is 18.2 Å². The van der Waals surface area contributed by atoms with Crippen molar-refractivity contribution in [2.75, 3.05) is 5.32 Å². The van der Waals surface area contributed by atoms with Crippen molar-refractivity contribution < 1.29 is 4.79 Å². The van der Waals surface area contributed by atoms with E-state index in [0.29, 0.717) is 11.2 Å². The van der Waals surface area contributed by atoms with Crippen molar-refractivity contribution in [1.29, 1.82) is 0 Å². The molecule has 5 nitrogen and oxygen atoms in total. The van der Waals surface area contributed by atoms with Crippen LogP contribution in [0, 0.1) is 0 Å². The number of nitrogens with one attached hydrogen (secondary N) is 2. The van der Waals surface area contributed by atoms with E-state index in [1.54, 1.807) is 18.3 Å². The highest BCUT2D eigenvalue weighted by Crippen LogP contribution is 2.24. The molecule has 0 atom stereocenters. The first kappa shape index (κ1) is 13.5. The number of carbonyl (C=O) groups is 1. The fraction of sp³-hybridized carbons (Fsp3) is 0. The quantitative estimate of drug-likeness (QED) is 0.751. The highest BCUT2D eigenvalue weighted by Gasteiger charge is 2.12. The van der Waals surface area contributed by atoms with Crippen molar-refractivity contribution in [2.45, 2.75) is 0 Å². The zero-order chi connectivity index (χ0) is 14.8. The summed E-state index contributed by atoms with van der Waals surface area (Å²) in [6.07, 6.45) is 3.14. The molecule has 0 unspecified atom stereocenters. The van der Waals surface area contributed by atoms with Crippen LogP contribution in [0.5, 0.6) is 0 Å². The van der Waals surface area contributed by atoms with Gasteiger partial charge < -0.3 is 10.3 Å². The first-order chi connectivity index (χ1) is 10.1. The van der Waals surface area contributed by atoms with Gasteiger partial charge in [0.1, 0.15) is 5.56 Å². The Labute approximate surface area is 128 Å². The van der Waals surface area contributed by atoms with Gasteiger partial charge in [0.15, 0.2) is 0 Å². The summed E-state index contributed by atoms with van der Waals surface area (Å²) >= 11 is 3.36. The van der Waals surface area contributed by atoms with Gasteiger partial charge >= 0.3 is 0 Å². The molecule has 6 heteroatoms. The number of anilines is 1. The molecule has 2 aromatic heterocycles. The Morgan fingerprint density at radius 3 is 2.90 bits per heavy atom. The number of amides is 1. The number of carbonyl (C=O) groups excluding carboxylic acids is 1. The van der Waals surface area contributed by atoms with Crippen LogP contribution in [0.4, 0.5) is 5.69 Å². The molecule has 1 aromatic carbocycles. The summed E-state index contributed by atoms with van der Waals surface area (Å²) in [4.78, 5) is 30.6. The molecule has 104 valence electrons. The Morgan fingerprint density at radius 1 is 1.24 bits per heavy atom. The van der Waals surface area contributed by atoms with Crippen LogP contribution < -0.4 is 10.9 Å². The van der Waals surface area contributed by atoms with Gasteiger partial charge in [-0.25, -0.2) is 0 Å². The lowest BCUT2D eigenvalue weighted by Gasteiger charge is -2.07. The third kappa shape index (κ3) is 2.71. The molecule has 21 heavy (non-hydrogen) atoms. The zero-order valence-electron chi connectivity index (χ0n) is 10.8. The summed E-state index contributed by atoms with van der Waals surface area (Å²) in [7, 11) is 0. The number of aromatic amines is 1. The second-order valence-corrected chi connectivity index (χ2v) is 5.31. The van der Waals surface area contributed by atoms with Gasteiger partial charge in [-0.15, -0.1) is 0 Å². The number of pyridine rings is 2. The van der Waals surface area contributed by atoms with Gasteiger partial charge in [-0.1, -0.05) is 12.1 Å². The molecular weight excluding hydrogens is 334 g/mol. The zero-order valence-corrected chi connectivity index (χ0v) is 12.3. The highest BCUT2D eigenvalue weighted by molar-refractivity contribution is 9.10. The van der Waals surface area contributed by atoms with E-state index >= 15 is 0 Å². The third-order valence-electron chi connectivity index (χ3n) is 2.99. The number of para-hydroxylation sites is 1. The van der Waals surface area contributed by atoms with Crippen molar-refractivity contribution in [3.63, 3.8) is 0 Å². The standard InChI is InChI=1S/C15H10BrN3O2/c16-10-7-9-3-1-5-12(13(9)18-8-10)19-15(21)11-4-2-6-17-14(11)20/h1-8H,(H,17,20)(H,19,21). The molecule has 3 aromatic rings. The second kappa shape index (κ2) is 5.49. The number of fused-ring (bicyclic) bond motifs is 1. The van der Waals surface area contributed by atoms with Crippen LogP contribution >= 0.6 is 15.9 Å². The smallest absolute Gasteiger partial charge is 0.261 e. The minimum atomic E-state index is -0.464. The number of benzene rings is 1. The van der Waals surface area contributed by atoms with Crippen LogP contribution in [-0.2, 0) is 0 Å². The molecule has 0 fully saturated rings. The van der Waals surface area contributed by atoms with Gasteiger partial charge in [-0.3, -0.25) is 14.6 Å². The largest absolute Gasteiger partial charge is 0.328 e. The molecule has 0 saturated heterocycles. The van der Waals surface area contributed by atoms with Crippen LogP contribution in [0.2, 0.25) is 0 Å². The molecule has 0 radical (unpaired) electrons. The predicted molar refractivity (Wildman–Crippen MR) is 84.5 cm³/mol. The van der Waals surface area contributed by atoms with Crippen LogP contribution in [0.25, 0.3) is 10.9 Å². The summed E-state index contributed by atoms with van der Waals surface area (Å²) in [5.74, 6) is -0.464. The van der Waals surface area contributed by atoms with E-state index in [1.165, 1.54) is 12.3 Å². The Hall–Kier alpha value is -2.47. The highest BCUT2D eigenvalue weighted by atomic mass is 79.9. The minimum absolute atomic E-state index is 0.0617. The van der Waals surface area contributed by atoms with E-state index in [0.717, 1.165) is 9.86 Å². The average molecular weight is 344 g/mol. The second-order valence-electron chi connectivity index (χ2n) is 4.40. The number of hydrogen-bond donors (Lipinski definition) is 2. The Bertz CT molecular complexity index is 889. The van der Waals surface area contributed by atoms with Crippen LogP contribution in [0.1, 0.15) is 10.4 Å². The predicted octanol–water partition coefficient (Wildman–Crippen LogP) is 2.94. The summed E-state index contributed by atoms with van der Waals surface area (Å²) in [6.45, 7) is 0. The van der Waals surface area contributed by atoms with E-state index in [2.05, 4.69) is 31.2 Å². The van der Waals surface area contributed by atoms with E-state index < -0.39 is 11.5 Å². The number of aromatic nitrogens is 2. The van der Waals surface area contributed by atoms with Crippen molar-refractivity contribution >= 4 is 38.4 Å². The third-order valence-corrected chi connectivity index (χ3v) is 3.42. The lowest BCUT2D eigenvalue weighted by Crippen LogP contribution is -2.22. The molecule has 0 aliphatic rings. The fourth-order valence-electron chi connectivity index (χ4n) is 2.02. The van der Waals surface area contributed by atoms with Gasteiger partial charge in [0.2, 0.25) is 0 Å². The summed E-state index contributed by atoms with van der Waals surface area (Å²) < 4.78 is 0.859. The molecule has 1 amide bonds. The van der Waals surface area contributed by atoms with Crippen LogP contribution in [0.15, 0.2) is 58.1 Å². The van der Waals surface area contributed by atoms with Gasteiger partial charge in [0.05, 0.1) is 11.2 Å². The lowest BCUT2D eigenvalue weighted by atomic mass is 10.2. The summed E-state index contributed by atoms with van der Waals surface area (Å²) in [5.41, 5.74) is 0.868. The molecule has 0 spiro atoms. The fourth-order valence-corrected chi connectivity index (χ4v) is 2.37. The summed E-state index contributed by atoms with van der Waals surface area (Å²) in [6, 6.07) is 10.5. The van der Waals surface area contributed by atoms with E-state index in [9.17, 15) is 9.59 Å². The SMILES string of the molecule is O=C(Nc1cccc2cc(Br)cnc12)c1ccc[nH]c1=O. The Morgan fingerprint density at radius 2 is 2.10 bits per heavy atom. The number of hydrogen-bond acceptors (Lipinski definition) is 3. The number of halogens is 1. The van der Waals surface area contributed by atoms with Gasteiger partial charge in [0.25, 0.3) is 11.5 Å². The monoisotopic (exact) mass is 343 g/mol. The normalized spacial score (nSPS) is 10.5. The van der Waals surface area contributed by atoms with Crippen molar-refractivity contribution in [1.82, 2.24) is 9.97 Å². The molecule has 0 bridgehead atoms. The molecule has 3 rings (SSSR count). The maximum absolute atomic E-state index is 12.2. The molecule has 2 heterocycles. The van der Waals surface area contributed by atoms with Crippen LogP contribution in [-0.4, -0.2) is 15.9 Å². The Balaban J connectivity index is 2.01. The molecule has 2 N–H and O–H groups in total. The molecular formula is C15H10BrN3O2. The van der Waals surface area contributed by atoms with Gasteiger partial charge in [-0.05, 0) is 40.2 Å². The molecule has 0 aliphatic heterocycles. The maximum atomic E-state index is 12.2. The number of nitrogens with zero attached hydrogens (tertiary/aromatic N) is 1. The van der Waals surface area contributed by atoms with Crippen molar-refractivity contribution in [2.24, 2.45) is 0 Å². The van der Waals surface area contributed by atoms with Crippen molar-refractivity contribution in [3.8, 4) is 0 Å². The Kier molecular flexibility index (Phi) is 3.53. The average Bonchev–Trinajstić information content (AvgIpc) is 2.47. The first-order valence-electron chi connectivity index (χ1n) is 6.18.